The van der Waals surface area contributed by atoms with Gasteiger partial charge in [0.2, 0.25) is 5.91 Å². The van der Waals surface area contributed by atoms with E-state index >= 15 is 0 Å². The number of ether oxygens (including phenoxy) is 2. The van der Waals surface area contributed by atoms with E-state index in [1.807, 2.05) is 25.1 Å². The zero-order chi connectivity index (χ0) is 19.2. The third-order valence-electron chi connectivity index (χ3n) is 4.84. The smallest absolute Gasteiger partial charge is 0.236 e. The number of fused-ring (bicyclic) bond motifs is 4. The van der Waals surface area contributed by atoms with Gasteiger partial charge in [0.25, 0.3) is 0 Å². The number of hydrogen-bond acceptors (Lipinski definition) is 4. The molecular formula is C19H18BrN3O3S. The molecule has 0 saturated carbocycles. The van der Waals surface area contributed by atoms with E-state index in [1.54, 1.807) is 31.4 Å². The number of methoxy groups -OCH3 is 1. The SMILES string of the molecule is COc1ccc(NC(=O)[C@@H]2[C@H]3NC(=S)N[C@@]2(C)Oc2ccc(Br)cc23)cc1. The fourth-order valence-electron chi connectivity index (χ4n) is 3.61. The van der Waals surface area contributed by atoms with Crippen molar-refractivity contribution in [3.05, 3.63) is 52.5 Å². The standard InChI is InChI=1S/C19H18BrN3O3S/c1-19-15(17(24)21-11-4-6-12(25-2)7-5-11)16(22-18(27)23-19)13-9-10(20)3-8-14(13)26-19/h3-9,15-16H,1-2H3,(H,21,24)(H2,22,23,27)/t15-,16-,19-/m0/s1. The van der Waals surface area contributed by atoms with Crippen LogP contribution < -0.4 is 25.4 Å². The summed E-state index contributed by atoms with van der Waals surface area (Å²) >= 11 is 8.82. The summed E-state index contributed by atoms with van der Waals surface area (Å²) in [5.74, 6) is 0.751. The molecular weight excluding hydrogens is 430 g/mol. The second-order valence-corrected chi connectivity index (χ2v) is 7.99. The second kappa shape index (κ2) is 6.69. The molecule has 3 atom stereocenters. The molecule has 8 heteroatoms. The fourth-order valence-corrected chi connectivity index (χ4v) is 4.32. The van der Waals surface area contributed by atoms with Crippen LogP contribution in [0.1, 0.15) is 18.5 Å². The molecule has 140 valence electrons. The first-order valence-corrected chi connectivity index (χ1v) is 9.62. The highest BCUT2D eigenvalue weighted by atomic mass is 79.9. The number of anilines is 1. The highest BCUT2D eigenvalue weighted by Gasteiger charge is 2.54. The van der Waals surface area contributed by atoms with Crippen molar-refractivity contribution in [1.82, 2.24) is 10.6 Å². The van der Waals surface area contributed by atoms with Crippen LogP contribution in [-0.2, 0) is 4.79 Å². The number of halogens is 1. The van der Waals surface area contributed by atoms with Gasteiger partial charge in [-0.1, -0.05) is 15.9 Å². The molecule has 3 N–H and O–H groups in total. The summed E-state index contributed by atoms with van der Waals surface area (Å²) in [5, 5.41) is 9.78. The Kier molecular flexibility index (Phi) is 4.47. The number of rotatable bonds is 3. The third kappa shape index (κ3) is 3.23. The van der Waals surface area contributed by atoms with Crippen molar-refractivity contribution < 1.29 is 14.3 Å². The maximum Gasteiger partial charge on any atom is 0.236 e. The average Bonchev–Trinajstić information content (AvgIpc) is 2.62. The predicted molar refractivity (Wildman–Crippen MR) is 110 cm³/mol. The van der Waals surface area contributed by atoms with Crippen molar-refractivity contribution in [2.24, 2.45) is 5.92 Å². The number of nitrogens with one attached hydrogen (secondary N) is 3. The molecule has 27 heavy (non-hydrogen) atoms. The zero-order valence-electron chi connectivity index (χ0n) is 14.7. The van der Waals surface area contributed by atoms with Crippen LogP contribution in [0.4, 0.5) is 5.69 Å². The molecule has 0 spiro atoms. The van der Waals surface area contributed by atoms with Gasteiger partial charge in [0.05, 0.1) is 13.2 Å². The van der Waals surface area contributed by atoms with E-state index in [-0.39, 0.29) is 11.9 Å². The van der Waals surface area contributed by atoms with Gasteiger partial charge in [-0.05, 0) is 61.6 Å². The molecule has 1 saturated heterocycles. The molecule has 6 nitrogen and oxygen atoms in total. The molecule has 2 bridgehead atoms. The molecule has 2 aliphatic rings. The van der Waals surface area contributed by atoms with Crippen molar-refractivity contribution in [1.29, 1.82) is 0 Å². The summed E-state index contributed by atoms with van der Waals surface area (Å²) in [4.78, 5) is 13.2. The molecule has 4 rings (SSSR count). The van der Waals surface area contributed by atoms with Gasteiger partial charge in [0, 0.05) is 15.7 Å². The molecule has 2 aromatic carbocycles. The van der Waals surface area contributed by atoms with Crippen LogP contribution in [0.5, 0.6) is 11.5 Å². The minimum Gasteiger partial charge on any atom is -0.497 e. The topological polar surface area (TPSA) is 71.6 Å². The van der Waals surface area contributed by atoms with Gasteiger partial charge in [-0.2, -0.15) is 0 Å². The molecule has 1 amide bonds. The Hall–Kier alpha value is -2.32. The van der Waals surface area contributed by atoms with Crippen molar-refractivity contribution in [2.45, 2.75) is 18.7 Å². The summed E-state index contributed by atoms with van der Waals surface area (Å²) in [6.45, 7) is 1.84. The minimum absolute atomic E-state index is 0.166. The van der Waals surface area contributed by atoms with E-state index in [2.05, 4.69) is 31.9 Å². The van der Waals surface area contributed by atoms with Crippen molar-refractivity contribution in [2.75, 3.05) is 12.4 Å². The number of thiocarbonyl (C=S) groups is 1. The summed E-state index contributed by atoms with van der Waals surface area (Å²) in [6, 6.07) is 12.6. The lowest BCUT2D eigenvalue weighted by molar-refractivity contribution is -0.132. The largest absolute Gasteiger partial charge is 0.497 e. The summed E-state index contributed by atoms with van der Waals surface area (Å²) in [6.07, 6.45) is 0. The van der Waals surface area contributed by atoms with Gasteiger partial charge < -0.3 is 25.4 Å². The fraction of sp³-hybridized carbons (Fsp3) is 0.263. The number of benzene rings is 2. The first kappa shape index (κ1) is 18.1. The van der Waals surface area contributed by atoms with Gasteiger partial charge in [-0.15, -0.1) is 0 Å². The Morgan fingerprint density at radius 1 is 1.30 bits per heavy atom. The highest BCUT2D eigenvalue weighted by Crippen LogP contribution is 2.45. The summed E-state index contributed by atoms with van der Waals surface area (Å²) in [5.41, 5.74) is 0.621. The third-order valence-corrected chi connectivity index (χ3v) is 5.56. The van der Waals surface area contributed by atoms with Crippen LogP contribution in [0, 0.1) is 5.92 Å². The number of carbonyl (C=O) groups is 1. The number of carbonyl (C=O) groups excluding carboxylic acids is 1. The lowest BCUT2D eigenvalue weighted by atomic mass is 9.80. The van der Waals surface area contributed by atoms with Crippen LogP contribution in [0.3, 0.4) is 0 Å². The van der Waals surface area contributed by atoms with Crippen LogP contribution in [0.2, 0.25) is 0 Å². The predicted octanol–water partition coefficient (Wildman–Crippen LogP) is 3.34. The van der Waals surface area contributed by atoms with Crippen LogP contribution in [-0.4, -0.2) is 23.9 Å². The lowest BCUT2D eigenvalue weighted by Crippen LogP contribution is -2.70. The van der Waals surface area contributed by atoms with Gasteiger partial charge in [0.15, 0.2) is 10.8 Å². The van der Waals surface area contributed by atoms with Crippen LogP contribution >= 0.6 is 28.1 Å². The molecule has 2 aliphatic heterocycles. The number of hydrogen-bond donors (Lipinski definition) is 3. The maximum absolute atomic E-state index is 13.2. The van der Waals surface area contributed by atoms with Crippen molar-refractivity contribution in [3.8, 4) is 11.5 Å². The van der Waals surface area contributed by atoms with E-state index in [1.165, 1.54) is 0 Å². The van der Waals surface area contributed by atoms with E-state index in [4.69, 9.17) is 21.7 Å². The molecule has 0 radical (unpaired) electrons. The van der Waals surface area contributed by atoms with Gasteiger partial charge >= 0.3 is 0 Å². The van der Waals surface area contributed by atoms with Crippen LogP contribution in [0.25, 0.3) is 0 Å². The zero-order valence-corrected chi connectivity index (χ0v) is 17.1. The second-order valence-electron chi connectivity index (χ2n) is 6.66. The molecule has 0 aliphatic carbocycles. The molecule has 2 aromatic rings. The van der Waals surface area contributed by atoms with Gasteiger partial charge in [-0.25, -0.2) is 0 Å². The Morgan fingerprint density at radius 2 is 2.04 bits per heavy atom. The van der Waals surface area contributed by atoms with Crippen molar-refractivity contribution >= 4 is 44.9 Å². The van der Waals surface area contributed by atoms with E-state index in [0.29, 0.717) is 10.8 Å². The minimum atomic E-state index is -0.954. The van der Waals surface area contributed by atoms with E-state index in [0.717, 1.165) is 21.5 Å². The monoisotopic (exact) mass is 447 g/mol. The normalized spacial score (nSPS) is 25.4. The Morgan fingerprint density at radius 3 is 2.74 bits per heavy atom. The molecule has 0 unspecified atom stereocenters. The van der Waals surface area contributed by atoms with E-state index < -0.39 is 11.6 Å². The van der Waals surface area contributed by atoms with Crippen molar-refractivity contribution in [3.63, 3.8) is 0 Å². The van der Waals surface area contributed by atoms with Gasteiger partial charge in [0.1, 0.15) is 17.4 Å². The molecule has 1 fully saturated rings. The maximum atomic E-state index is 13.2. The first-order chi connectivity index (χ1) is 12.9. The molecule has 2 heterocycles. The number of amides is 1. The quantitative estimate of drug-likeness (QED) is 0.626. The summed E-state index contributed by atoms with van der Waals surface area (Å²) in [7, 11) is 1.60. The Labute approximate surface area is 170 Å². The first-order valence-electron chi connectivity index (χ1n) is 8.42. The molecule has 0 aromatic heterocycles. The van der Waals surface area contributed by atoms with Crippen LogP contribution in [0.15, 0.2) is 46.9 Å². The average molecular weight is 448 g/mol. The highest BCUT2D eigenvalue weighted by molar-refractivity contribution is 9.10. The Balaban J connectivity index is 1.68. The van der Waals surface area contributed by atoms with E-state index in [9.17, 15) is 4.79 Å². The Bertz CT molecular complexity index is 921. The van der Waals surface area contributed by atoms with Gasteiger partial charge in [-0.3, -0.25) is 4.79 Å². The lowest BCUT2D eigenvalue weighted by Gasteiger charge is -2.50. The summed E-state index contributed by atoms with van der Waals surface area (Å²) < 4.78 is 12.3.